The number of carbonyl (C=O) groups is 3. The first-order chi connectivity index (χ1) is 15.2. The molecule has 1 fully saturated rings. The number of hydrogen-bond donors (Lipinski definition) is 0. The van der Waals surface area contributed by atoms with E-state index in [1.165, 1.54) is 32.5 Å². The van der Waals surface area contributed by atoms with E-state index < -0.39 is 41.7 Å². The molecule has 0 spiro atoms. The van der Waals surface area contributed by atoms with Gasteiger partial charge in [0.05, 0.1) is 5.69 Å². The third-order valence-corrected chi connectivity index (χ3v) is 5.82. The number of aryl methyl sites for hydroxylation is 1. The Morgan fingerprint density at radius 1 is 0.938 bits per heavy atom. The minimum atomic E-state index is -0.992. The molecule has 0 saturated carbocycles. The summed E-state index contributed by atoms with van der Waals surface area (Å²) < 4.78 is 22.3. The molecule has 0 amide bonds. The Labute approximate surface area is 190 Å². The molecule has 4 atom stereocenters. The lowest BCUT2D eigenvalue weighted by Crippen LogP contribution is -2.55. The second-order valence-electron chi connectivity index (χ2n) is 7.36. The van der Waals surface area contributed by atoms with E-state index in [9.17, 15) is 14.4 Å². The van der Waals surface area contributed by atoms with E-state index in [0.717, 1.165) is 16.8 Å². The molecule has 1 aliphatic rings. The maximum Gasteiger partial charge on any atom is 0.303 e. The number of pyridine rings is 1. The fourth-order valence-electron chi connectivity index (χ4n) is 3.37. The van der Waals surface area contributed by atoms with Crippen LogP contribution in [0.4, 0.5) is 0 Å². The summed E-state index contributed by atoms with van der Waals surface area (Å²) in [6.45, 7) is 5.75. The summed E-state index contributed by atoms with van der Waals surface area (Å²) in [5, 5.41) is 0. The topological polar surface area (TPSA) is 101 Å². The summed E-state index contributed by atoms with van der Waals surface area (Å²) >= 11 is 1.31. The summed E-state index contributed by atoms with van der Waals surface area (Å²) in [4.78, 5) is 39.4. The van der Waals surface area contributed by atoms with Crippen LogP contribution in [-0.2, 0) is 28.6 Å². The zero-order chi connectivity index (χ0) is 23.3. The molecular weight excluding hydrogens is 434 g/mol. The number of benzene rings is 1. The zero-order valence-electron chi connectivity index (χ0n) is 18.3. The van der Waals surface area contributed by atoms with Crippen molar-refractivity contribution in [1.82, 2.24) is 4.98 Å². The molecule has 170 valence electrons. The molecule has 8 nitrogen and oxygen atoms in total. The Kier molecular flexibility index (Phi) is 7.74. The van der Waals surface area contributed by atoms with E-state index >= 15 is 0 Å². The largest absolute Gasteiger partial charge is 0.476 e. The van der Waals surface area contributed by atoms with E-state index in [-0.39, 0.29) is 0 Å². The number of esters is 3. The van der Waals surface area contributed by atoms with Crippen LogP contribution in [0.5, 0.6) is 5.75 Å². The molecule has 1 aliphatic heterocycles. The van der Waals surface area contributed by atoms with Gasteiger partial charge < -0.3 is 18.9 Å². The Morgan fingerprint density at radius 2 is 1.62 bits per heavy atom. The summed E-state index contributed by atoms with van der Waals surface area (Å²) in [6, 6.07) is 11.3. The molecule has 1 aromatic heterocycles. The second-order valence-corrected chi connectivity index (χ2v) is 8.49. The van der Waals surface area contributed by atoms with Crippen molar-refractivity contribution in [1.29, 1.82) is 0 Å². The fraction of sp³-hybridized carbons (Fsp3) is 0.391. The van der Waals surface area contributed by atoms with Gasteiger partial charge in [-0.05, 0) is 36.8 Å². The lowest BCUT2D eigenvalue weighted by Gasteiger charge is -2.39. The van der Waals surface area contributed by atoms with Crippen LogP contribution in [0.1, 0.15) is 26.3 Å². The summed E-state index contributed by atoms with van der Waals surface area (Å²) in [7, 11) is 0. The van der Waals surface area contributed by atoms with Crippen molar-refractivity contribution in [3.05, 3.63) is 48.2 Å². The van der Waals surface area contributed by atoms with Gasteiger partial charge in [0.25, 0.3) is 0 Å². The molecule has 0 bridgehead atoms. The minimum Gasteiger partial charge on any atom is -0.476 e. The number of hydrogen-bond acceptors (Lipinski definition) is 9. The normalized spacial score (nSPS) is 22.5. The maximum atomic E-state index is 11.8. The van der Waals surface area contributed by atoms with E-state index in [4.69, 9.17) is 18.9 Å². The first kappa shape index (κ1) is 23.6. The molecule has 9 heteroatoms. The van der Waals surface area contributed by atoms with Crippen LogP contribution >= 0.6 is 11.8 Å². The molecule has 3 rings (SSSR count). The molecule has 1 aromatic carbocycles. The molecule has 2 aromatic rings. The molecule has 2 heterocycles. The predicted octanol–water partition coefficient (Wildman–Crippen LogP) is 3.30. The molecule has 0 aliphatic carbocycles. The third kappa shape index (κ3) is 6.23. The van der Waals surface area contributed by atoms with Gasteiger partial charge in [0.1, 0.15) is 5.75 Å². The lowest BCUT2D eigenvalue weighted by molar-refractivity contribution is -0.186. The van der Waals surface area contributed by atoms with Gasteiger partial charge in [-0.2, -0.15) is 0 Å². The maximum absolute atomic E-state index is 11.8. The smallest absolute Gasteiger partial charge is 0.303 e. The minimum absolute atomic E-state index is 0.305. The average molecular weight is 460 g/mol. The first-order valence-corrected chi connectivity index (χ1v) is 11.1. The lowest BCUT2D eigenvalue weighted by atomic mass is 10.1. The highest BCUT2D eigenvalue weighted by Gasteiger charge is 2.47. The number of thioether (sulfide) groups is 1. The van der Waals surface area contributed by atoms with Crippen LogP contribution in [0, 0.1) is 6.92 Å². The Balaban J connectivity index is 1.87. The predicted molar refractivity (Wildman–Crippen MR) is 118 cm³/mol. The van der Waals surface area contributed by atoms with Gasteiger partial charge >= 0.3 is 17.9 Å². The third-order valence-electron chi connectivity index (χ3n) is 4.60. The van der Waals surface area contributed by atoms with Crippen molar-refractivity contribution in [3.8, 4) is 17.0 Å². The van der Waals surface area contributed by atoms with E-state index in [2.05, 4.69) is 4.98 Å². The van der Waals surface area contributed by atoms with Crippen LogP contribution in [-0.4, -0.2) is 52.4 Å². The molecule has 1 saturated heterocycles. The Morgan fingerprint density at radius 3 is 2.28 bits per heavy atom. The SMILES string of the molecule is CC(=O)O[C@@H]1[C@@H](OC(C)=O)[C@H](OC(C)=O)CS[C@H]1Oc1cccc(-c2cc(C)ccn2)c1. The molecule has 32 heavy (non-hydrogen) atoms. The van der Waals surface area contributed by atoms with Crippen molar-refractivity contribution in [3.63, 3.8) is 0 Å². The van der Waals surface area contributed by atoms with Crippen LogP contribution in [0.15, 0.2) is 42.6 Å². The van der Waals surface area contributed by atoms with E-state index in [1.54, 1.807) is 12.3 Å². The van der Waals surface area contributed by atoms with Gasteiger partial charge in [0, 0.05) is 38.3 Å². The molecular formula is C23H25NO7S. The van der Waals surface area contributed by atoms with Gasteiger partial charge in [0.2, 0.25) is 0 Å². The van der Waals surface area contributed by atoms with Crippen LogP contribution in [0.3, 0.4) is 0 Å². The van der Waals surface area contributed by atoms with Crippen LogP contribution < -0.4 is 4.74 Å². The summed E-state index contributed by atoms with van der Waals surface area (Å²) in [5.41, 5.74) is 2.07. The van der Waals surface area contributed by atoms with Crippen LogP contribution in [0.25, 0.3) is 11.3 Å². The van der Waals surface area contributed by atoms with Gasteiger partial charge in [0.15, 0.2) is 23.7 Å². The number of aromatic nitrogens is 1. The second kappa shape index (κ2) is 10.5. The Bertz CT molecular complexity index is 996. The monoisotopic (exact) mass is 459 g/mol. The number of carbonyl (C=O) groups excluding carboxylic acids is 3. The van der Waals surface area contributed by atoms with Gasteiger partial charge in [-0.25, -0.2) is 0 Å². The van der Waals surface area contributed by atoms with Gasteiger partial charge in [-0.3, -0.25) is 19.4 Å². The number of rotatable bonds is 6. The van der Waals surface area contributed by atoms with E-state index in [0.29, 0.717) is 11.5 Å². The number of ether oxygens (including phenoxy) is 4. The van der Waals surface area contributed by atoms with E-state index in [1.807, 2.05) is 37.3 Å². The quantitative estimate of drug-likeness (QED) is 0.476. The Hall–Kier alpha value is -3.07. The summed E-state index contributed by atoms with van der Waals surface area (Å²) in [6.07, 6.45) is -0.994. The van der Waals surface area contributed by atoms with Crippen molar-refractivity contribution < 1.29 is 33.3 Å². The van der Waals surface area contributed by atoms with Crippen molar-refractivity contribution in [2.75, 3.05) is 5.75 Å². The van der Waals surface area contributed by atoms with Gasteiger partial charge in [-0.15, -0.1) is 11.8 Å². The number of nitrogens with zero attached hydrogens (tertiary/aromatic N) is 1. The standard InChI is InChI=1S/C23H25NO7S/c1-13-8-9-24-19(10-13)17-6-5-7-18(11-17)31-23-22(30-16(4)27)21(29-15(3)26)20(12-32-23)28-14(2)25/h5-11,20-23H,12H2,1-4H3/t20-,21+,22-,23-/m1/s1. The zero-order valence-corrected chi connectivity index (χ0v) is 19.1. The van der Waals surface area contributed by atoms with Crippen molar-refractivity contribution >= 4 is 29.7 Å². The molecule has 0 N–H and O–H groups in total. The highest BCUT2D eigenvalue weighted by molar-refractivity contribution is 7.99. The van der Waals surface area contributed by atoms with Crippen molar-refractivity contribution in [2.45, 2.75) is 51.4 Å². The first-order valence-electron chi connectivity index (χ1n) is 10.1. The molecule has 0 unspecified atom stereocenters. The van der Waals surface area contributed by atoms with Gasteiger partial charge in [-0.1, -0.05) is 12.1 Å². The molecule has 0 radical (unpaired) electrons. The van der Waals surface area contributed by atoms with Crippen molar-refractivity contribution in [2.24, 2.45) is 0 Å². The average Bonchev–Trinajstić information content (AvgIpc) is 2.71. The summed E-state index contributed by atoms with van der Waals surface area (Å²) in [5.74, 6) is -0.830. The fourth-order valence-corrected chi connectivity index (χ4v) is 4.58. The highest BCUT2D eigenvalue weighted by Crippen LogP contribution is 2.35. The highest BCUT2D eigenvalue weighted by atomic mass is 32.2. The van der Waals surface area contributed by atoms with Crippen LogP contribution in [0.2, 0.25) is 0 Å².